The maximum atomic E-state index is 12.6. The first kappa shape index (κ1) is 16.0. The van der Waals surface area contributed by atoms with Crippen LogP contribution in [0.5, 0.6) is 0 Å². The Morgan fingerprint density at radius 3 is 2.79 bits per heavy atom. The molecule has 3 rings (SSSR count). The minimum absolute atomic E-state index is 0.0469. The largest absolute Gasteiger partial charge is 0.352 e. The van der Waals surface area contributed by atoms with Gasteiger partial charge in [0.05, 0.1) is 17.9 Å². The zero-order valence-corrected chi connectivity index (χ0v) is 13.5. The average molecular weight is 325 g/mol. The van der Waals surface area contributed by atoms with Crippen LogP contribution in [0.25, 0.3) is 0 Å². The second-order valence-electron chi connectivity index (χ2n) is 5.75. The number of nitrogens with one attached hydrogen (secondary N) is 1. The van der Waals surface area contributed by atoms with Crippen molar-refractivity contribution in [1.29, 1.82) is 0 Å². The summed E-state index contributed by atoms with van der Waals surface area (Å²) in [5, 5.41) is 2.74. The summed E-state index contributed by atoms with van der Waals surface area (Å²) in [7, 11) is 0. The van der Waals surface area contributed by atoms with Crippen molar-refractivity contribution in [3.8, 4) is 0 Å². The Labute approximate surface area is 140 Å². The molecule has 124 valence electrons. The summed E-state index contributed by atoms with van der Waals surface area (Å²) in [6.07, 6.45) is 8.12. The van der Waals surface area contributed by atoms with E-state index in [1.165, 1.54) is 19.3 Å². The maximum absolute atomic E-state index is 12.6. The quantitative estimate of drug-likeness (QED) is 0.920. The van der Waals surface area contributed by atoms with E-state index in [0.29, 0.717) is 18.8 Å². The van der Waals surface area contributed by atoms with E-state index < -0.39 is 0 Å². The molecule has 2 amide bonds. The third kappa shape index (κ3) is 3.56. The smallest absolute Gasteiger partial charge is 0.274 e. The molecule has 1 saturated heterocycles. The van der Waals surface area contributed by atoms with Crippen LogP contribution in [0, 0.1) is 0 Å². The van der Waals surface area contributed by atoms with E-state index in [-0.39, 0.29) is 17.9 Å². The fourth-order valence-electron chi connectivity index (χ4n) is 2.84. The number of carbonyl (C=O) groups is 2. The number of pyridine rings is 1. The summed E-state index contributed by atoms with van der Waals surface area (Å²) >= 11 is 0. The third-order valence-corrected chi connectivity index (χ3v) is 4.03. The van der Waals surface area contributed by atoms with Crippen LogP contribution < -0.4 is 5.32 Å². The Hall–Kier alpha value is -2.83. The molecule has 1 aliphatic heterocycles. The second kappa shape index (κ2) is 7.16. The van der Waals surface area contributed by atoms with Crippen molar-refractivity contribution in [3.63, 3.8) is 0 Å². The number of carbonyl (C=O) groups excluding carboxylic acids is 2. The van der Waals surface area contributed by atoms with Crippen molar-refractivity contribution in [2.24, 2.45) is 0 Å². The van der Waals surface area contributed by atoms with Gasteiger partial charge in [-0.3, -0.25) is 19.6 Å². The van der Waals surface area contributed by atoms with Gasteiger partial charge in [0.25, 0.3) is 5.91 Å². The Morgan fingerprint density at radius 1 is 1.25 bits per heavy atom. The van der Waals surface area contributed by atoms with Gasteiger partial charge in [0.1, 0.15) is 5.69 Å². The highest BCUT2D eigenvalue weighted by atomic mass is 16.2. The molecule has 7 heteroatoms. The summed E-state index contributed by atoms with van der Waals surface area (Å²) in [4.78, 5) is 37.9. The average Bonchev–Trinajstić information content (AvgIpc) is 3.10. The molecule has 0 saturated carbocycles. The van der Waals surface area contributed by atoms with Gasteiger partial charge in [0.15, 0.2) is 0 Å². The molecular formula is C17H19N5O2. The predicted octanol–water partition coefficient (Wildman–Crippen LogP) is 1.49. The summed E-state index contributed by atoms with van der Waals surface area (Å²) in [6.45, 7) is 2.63. The lowest BCUT2D eigenvalue weighted by Crippen LogP contribution is -2.31. The van der Waals surface area contributed by atoms with Crippen LogP contribution in [0.2, 0.25) is 0 Å². The van der Waals surface area contributed by atoms with Gasteiger partial charge in [-0.1, -0.05) is 6.07 Å². The molecule has 1 aliphatic rings. The second-order valence-corrected chi connectivity index (χ2v) is 5.75. The third-order valence-electron chi connectivity index (χ3n) is 4.03. The van der Waals surface area contributed by atoms with Crippen LogP contribution in [0.1, 0.15) is 47.6 Å². The normalized spacial score (nSPS) is 16.9. The summed E-state index contributed by atoms with van der Waals surface area (Å²) in [5.41, 5.74) is 2.14. The molecule has 2 aromatic rings. The molecule has 24 heavy (non-hydrogen) atoms. The minimum Gasteiger partial charge on any atom is -0.352 e. The lowest BCUT2D eigenvalue weighted by Gasteiger charge is -2.24. The Kier molecular flexibility index (Phi) is 4.79. The maximum Gasteiger partial charge on any atom is 0.274 e. The molecule has 3 heterocycles. The molecule has 1 atom stereocenters. The van der Waals surface area contributed by atoms with Crippen molar-refractivity contribution in [1.82, 2.24) is 25.2 Å². The van der Waals surface area contributed by atoms with E-state index in [4.69, 9.17) is 0 Å². The van der Waals surface area contributed by atoms with E-state index >= 15 is 0 Å². The van der Waals surface area contributed by atoms with Crippen LogP contribution in [0.3, 0.4) is 0 Å². The molecule has 0 unspecified atom stereocenters. The Bertz CT molecular complexity index is 718. The van der Waals surface area contributed by atoms with Gasteiger partial charge in [-0.25, -0.2) is 4.98 Å². The highest BCUT2D eigenvalue weighted by Crippen LogP contribution is 2.31. The van der Waals surface area contributed by atoms with Gasteiger partial charge in [0.2, 0.25) is 5.91 Å². The lowest BCUT2D eigenvalue weighted by atomic mass is 10.1. The van der Waals surface area contributed by atoms with Crippen molar-refractivity contribution in [3.05, 3.63) is 53.9 Å². The molecule has 1 N–H and O–H groups in total. The van der Waals surface area contributed by atoms with Gasteiger partial charge < -0.3 is 10.2 Å². The number of aromatic nitrogens is 3. The summed E-state index contributed by atoms with van der Waals surface area (Å²) in [5.74, 6) is -0.190. The zero-order chi connectivity index (χ0) is 16.9. The van der Waals surface area contributed by atoms with Crippen LogP contribution in [0.4, 0.5) is 0 Å². The summed E-state index contributed by atoms with van der Waals surface area (Å²) < 4.78 is 0. The van der Waals surface area contributed by atoms with Gasteiger partial charge in [-0.15, -0.1) is 0 Å². The molecule has 2 aromatic heterocycles. The van der Waals surface area contributed by atoms with Crippen LogP contribution in [-0.4, -0.2) is 38.2 Å². The molecule has 0 aromatic carbocycles. The van der Waals surface area contributed by atoms with Gasteiger partial charge in [-0.05, 0) is 24.5 Å². The SMILES string of the molecule is CC(=O)NCc1ccc([C@@H]2CCCN2C(=O)c2cnccn2)nc1. The molecule has 0 bridgehead atoms. The van der Waals surface area contributed by atoms with Crippen molar-refractivity contribution in [2.75, 3.05) is 6.54 Å². The molecule has 0 spiro atoms. The molecular weight excluding hydrogens is 306 g/mol. The molecule has 0 radical (unpaired) electrons. The van der Waals surface area contributed by atoms with Crippen molar-refractivity contribution < 1.29 is 9.59 Å². The van der Waals surface area contributed by atoms with E-state index in [1.54, 1.807) is 17.3 Å². The van der Waals surface area contributed by atoms with Crippen molar-refractivity contribution in [2.45, 2.75) is 32.4 Å². The fourth-order valence-corrected chi connectivity index (χ4v) is 2.84. The van der Waals surface area contributed by atoms with E-state index in [9.17, 15) is 9.59 Å². The number of amides is 2. The minimum atomic E-state index is -0.116. The van der Waals surface area contributed by atoms with E-state index in [2.05, 4.69) is 20.3 Å². The van der Waals surface area contributed by atoms with E-state index in [0.717, 1.165) is 24.1 Å². The highest BCUT2D eigenvalue weighted by Gasteiger charge is 2.32. The Morgan fingerprint density at radius 2 is 2.12 bits per heavy atom. The van der Waals surface area contributed by atoms with E-state index in [1.807, 2.05) is 12.1 Å². The number of rotatable bonds is 4. The zero-order valence-electron chi connectivity index (χ0n) is 13.5. The number of hydrogen-bond donors (Lipinski definition) is 1. The Balaban J connectivity index is 1.73. The molecule has 1 fully saturated rings. The topological polar surface area (TPSA) is 88.1 Å². The first-order valence-corrected chi connectivity index (χ1v) is 7.91. The summed E-state index contributed by atoms with van der Waals surface area (Å²) in [6, 6.07) is 3.81. The molecule has 7 nitrogen and oxygen atoms in total. The monoisotopic (exact) mass is 325 g/mol. The number of nitrogens with zero attached hydrogens (tertiary/aromatic N) is 4. The van der Waals surface area contributed by atoms with Crippen LogP contribution in [0.15, 0.2) is 36.9 Å². The highest BCUT2D eigenvalue weighted by molar-refractivity contribution is 5.92. The molecule has 0 aliphatic carbocycles. The predicted molar refractivity (Wildman–Crippen MR) is 86.8 cm³/mol. The van der Waals surface area contributed by atoms with Crippen LogP contribution >= 0.6 is 0 Å². The van der Waals surface area contributed by atoms with Gasteiger partial charge in [0, 0.05) is 38.6 Å². The first-order chi connectivity index (χ1) is 11.6. The standard InChI is InChI=1S/C17H19N5O2/c1-12(23)20-9-13-4-5-14(21-10-13)16-3-2-8-22(16)17(24)15-11-18-6-7-19-15/h4-7,10-11,16H,2-3,8-9H2,1H3,(H,20,23)/t16-/m0/s1. The number of likely N-dealkylation sites (tertiary alicyclic amines) is 1. The number of hydrogen-bond acceptors (Lipinski definition) is 5. The first-order valence-electron chi connectivity index (χ1n) is 7.91. The van der Waals surface area contributed by atoms with Crippen LogP contribution in [-0.2, 0) is 11.3 Å². The van der Waals surface area contributed by atoms with Gasteiger partial charge >= 0.3 is 0 Å². The van der Waals surface area contributed by atoms with Crippen molar-refractivity contribution >= 4 is 11.8 Å². The lowest BCUT2D eigenvalue weighted by molar-refractivity contribution is -0.119. The van der Waals surface area contributed by atoms with Gasteiger partial charge in [-0.2, -0.15) is 0 Å². The fraction of sp³-hybridized carbons (Fsp3) is 0.353.